The van der Waals surface area contributed by atoms with Crippen LogP contribution in [0.25, 0.3) is 145 Å². The van der Waals surface area contributed by atoms with Gasteiger partial charge in [0, 0.05) is 49.5 Å². The molecule has 0 amide bonds. The molecule has 0 saturated carbocycles. The number of benzene rings is 11. The number of hydrogen-bond donors (Lipinski definition) is 0. The molecule has 7 nitrogen and oxygen atoms in total. The molecule has 11 aromatic carbocycles. The summed E-state index contributed by atoms with van der Waals surface area (Å²) in [5, 5.41) is 4.51. The van der Waals surface area contributed by atoms with Crippen LogP contribution in [0.15, 0.2) is 271 Å². The van der Waals surface area contributed by atoms with Crippen molar-refractivity contribution in [2.75, 3.05) is 0 Å². The highest BCUT2D eigenvalue weighted by Crippen LogP contribution is 2.42. The zero-order chi connectivity index (χ0) is 50.8. The lowest BCUT2D eigenvalue weighted by molar-refractivity contribution is 0.621. The van der Waals surface area contributed by atoms with Crippen LogP contribution in [0.5, 0.6) is 0 Å². The Labute approximate surface area is 443 Å². The summed E-state index contributed by atoms with van der Waals surface area (Å²) in [4.78, 5) is 21.0. The van der Waals surface area contributed by atoms with E-state index in [1.54, 1.807) is 0 Å². The molecule has 0 radical (unpaired) electrons. The average molecular weight is 985 g/mol. The monoisotopic (exact) mass is 984 g/mol. The van der Waals surface area contributed by atoms with E-state index < -0.39 is 0 Å². The first-order valence-corrected chi connectivity index (χ1v) is 25.9. The third-order valence-corrected chi connectivity index (χ3v) is 14.9. The molecule has 7 heteroatoms. The first-order valence-electron chi connectivity index (χ1n) is 25.9. The van der Waals surface area contributed by atoms with Crippen LogP contribution in [0.3, 0.4) is 0 Å². The molecule has 0 unspecified atom stereocenters. The summed E-state index contributed by atoms with van der Waals surface area (Å²) in [6.07, 6.45) is 0. The molecule has 0 aliphatic heterocycles. The highest BCUT2D eigenvalue weighted by Gasteiger charge is 2.24. The van der Waals surface area contributed by atoms with Crippen molar-refractivity contribution in [2.45, 2.75) is 0 Å². The number of fused-ring (bicyclic) bond motifs is 8. The maximum Gasteiger partial charge on any atom is 0.238 e. The van der Waals surface area contributed by atoms with E-state index in [1.807, 2.05) is 54.6 Å². The van der Waals surface area contributed by atoms with Crippen molar-refractivity contribution in [1.29, 1.82) is 0 Å². The summed E-state index contributed by atoms with van der Waals surface area (Å²) in [6, 6.07) is 93.6. The molecule has 15 aromatic rings. The Morgan fingerprint density at radius 1 is 0.286 bits per heavy atom. The molecule has 15 rings (SSSR count). The van der Waals surface area contributed by atoms with Crippen molar-refractivity contribution in [3.8, 4) is 90.4 Å². The summed E-state index contributed by atoms with van der Waals surface area (Å²) >= 11 is 0. The first kappa shape index (κ1) is 44.0. The van der Waals surface area contributed by atoms with Crippen LogP contribution in [0.1, 0.15) is 0 Å². The Balaban J connectivity index is 0.885. The van der Waals surface area contributed by atoms with Crippen LogP contribution in [0, 0.1) is 0 Å². The molecule has 0 aliphatic carbocycles. The Morgan fingerprint density at radius 2 is 0.740 bits per heavy atom. The SMILES string of the molecule is c1ccc(-c2ccc(-c3nc(-c4cccc(-c5ccccc5)c4)nc(-n4c5ccccc5c5ccc6c7ccccc7n(-c7ccc(-c8ccc(-c9cccc%10nc(-c%11ccccc%11)oc9%10)cc8)cc7)c6c54)n3)cc2)cc1. The fourth-order valence-electron chi connectivity index (χ4n) is 11.1. The van der Waals surface area contributed by atoms with Crippen LogP contribution < -0.4 is 0 Å². The van der Waals surface area contributed by atoms with E-state index in [9.17, 15) is 0 Å². The minimum Gasteiger partial charge on any atom is -0.435 e. The molecular weight excluding hydrogens is 941 g/mol. The molecule has 0 aliphatic rings. The maximum atomic E-state index is 6.40. The molecule has 360 valence electrons. The minimum atomic E-state index is 0.535. The second-order valence-electron chi connectivity index (χ2n) is 19.4. The zero-order valence-electron chi connectivity index (χ0n) is 41.5. The van der Waals surface area contributed by atoms with Gasteiger partial charge in [-0.05, 0) is 87.5 Å². The summed E-state index contributed by atoms with van der Waals surface area (Å²) in [6.45, 7) is 0. The standard InChI is InChI=1S/C70H44N6O/c1-4-16-45(17-5-1)47-32-36-51(37-33-47)67-72-68(54-23-14-22-53(44-54)46-18-6-2-7-19-46)74-70(73-67)76-63-29-13-11-25-58(63)60-43-42-59-57-24-10-12-28-62(57)75(64(59)65(60)76)55-40-38-49(39-41-55)48-30-34-50(35-31-48)56-26-15-27-61-66(56)77-69(71-61)52-20-8-3-9-21-52/h1-44H. The number of para-hydroxylation sites is 3. The van der Waals surface area contributed by atoms with Crippen molar-refractivity contribution in [3.63, 3.8) is 0 Å². The smallest absolute Gasteiger partial charge is 0.238 e. The fourth-order valence-corrected chi connectivity index (χ4v) is 11.1. The van der Waals surface area contributed by atoms with Gasteiger partial charge in [0.25, 0.3) is 0 Å². The Kier molecular flexibility index (Phi) is 10.4. The lowest BCUT2D eigenvalue weighted by Gasteiger charge is -2.14. The van der Waals surface area contributed by atoms with Gasteiger partial charge in [0.05, 0.1) is 22.1 Å². The van der Waals surface area contributed by atoms with Gasteiger partial charge < -0.3 is 8.98 Å². The van der Waals surface area contributed by atoms with E-state index in [4.69, 9.17) is 24.4 Å². The van der Waals surface area contributed by atoms with Crippen LogP contribution >= 0.6 is 0 Å². The minimum absolute atomic E-state index is 0.535. The molecular formula is C70H44N6O. The van der Waals surface area contributed by atoms with Crippen molar-refractivity contribution in [2.24, 2.45) is 0 Å². The fraction of sp³-hybridized carbons (Fsp3) is 0. The van der Waals surface area contributed by atoms with E-state index in [0.717, 1.165) is 122 Å². The van der Waals surface area contributed by atoms with Gasteiger partial charge in [-0.2, -0.15) is 9.97 Å². The summed E-state index contributed by atoms with van der Waals surface area (Å²) in [5.41, 5.74) is 18.4. The topological polar surface area (TPSA) is 74.6 Å². The maximum absolute atomic E-state index is 6.40. The Hall–Kier alpha value is -10.5. The van der Waals surface area contributed by atoms with Gasteiger partial charge in [0.1, 0.15) is 5.52 Å². The van der Waals surface area contributed by atoms with Crippen LogP contribution in [-0.4, -0.2) is 29.1 Å². The van der Waals surface area contributed by atoms with Gasteiger partial charge in [-0.15, -0.1) is 0 Å². The van der Waals surface area contributed by atoms with Crippen molar-refractivity contribution < 1.29 is 4.42 Å². The Morgan fingerprint density at radius 3 is 1.38 bits per heavy atom. The molecule has 0 saturated heterocycles. The number of aromatic nitrogens is 6. The molecule has 77 heavy (non-hydrogen) atoms. The van der Waals surface area contributed by atoms with Gasteiger partial charge in [0.15, 0.2) is 17.2 Å². The van der Waals surface area contributed by atoms with Crippen molar-refractivity contribution >= 4 is 54.7 Å². The lowest BCUT2D eigenvalue weighted by Crippen LogP contribution is -2.07. The molecule has 0 spiro atoms. The number of rotatable bonds is 9. The third-order valence-electron chi connectivity index (χ3n) is 14.9. The molecule has 0 bridgehead atoms. The predicted octanol–water partition coefficient (Wildman–Crippen LogP) is 17.9. The first-order chi connectivity index (χ1) is 38.2. The van der Waals surface area contributed by atoms with Crippen molar-refractivity contribution in [1.82, 2.24) is 29.1 Å². The number of nitrogens with zero attached hydrogens (tertiary/aromatic N) is 6. The normalized spacial score (nSPS) is 11.6. The second-order valence-corrected chi connectivity index (χ2v) is 19.4. The largest absolute Gasteiger partial charge is 0.435 e. The predicted molar refractivity (Wildman–Crippen MR) is 314 cm³/mol. The molecule has 0 fully saturated rings. The van der Waals surface area contributed by atoms with E-state index in [2.05, 4.69) is 221 Å². The van der Waals surface area contributed by atoms with Gasteiger partial charge in [-0.1, -0.05) is 218 Å². The second kappa shape index (κ2) is 18.2. The number of hydrogen-bond acceptors (Lipinski definition) is 5. The van der Waals surface area contributed by atoms with E-state index >= 15 is 0 Å². The molecule has 4 aromatic heterocycles. The van der Waals surface area contributed by atoms with E-state index in [-0.39, 0.29) is 0 Å². The van der Waals surface area contributed by atoms with Gasteiger partial charge >= 0.3 is 0 Å². The lowest BCUT2D eigenvalue weighted by atomic mass is 9.99. The molecule has 4 heterocycles. The third kappa shape index (κ3) is 7.59. The summed E-state index contributed by atoms with van der Waals surface area (Å²) in [5.74, 6) is 2.33. The van der Waals surface area contributed by atoms with E-state index in [1.165, 1.54) is 0 Å². The average Bonchev–Trinajstić information content (AvgIpc) is 4.26. The number of oxazole rings is 1. The van der Waals surface area contributed by atoms with Crippen LogP contribution in [0.4, 0.5) is 0 Å². The van der Waals surface area contributed by atoms with E-state index in [0.29, 0.717) is 23.5 Å². The van der Waals surface area contributed by atoms with Gasteiger partial charge in [-0.25, -0.2) is 9.97 Å². The summed E-state index contributed by atoms with van der Waals surface area (Å²) < 4.78 is 11.1. The highest BCUT2D eigenvalue weighted by atomic mass is 16.3. The highest BCUT2D eigenvalue weighted by molar-refractivity contribution is 6.23. The van der Waals surface area contributed by atoms with Gasteiger partial charge in [-0.3, -0.25) is 4.57 Å². The van der Waals surface area contributed by atoms with Crippen LogP contribution in [0.2, 0.25) is 0 Å². The quantitative estimate of drug-likeness (QED) is 0.144. The summed E-state index contributed by atoms with van der Waals surface area (Å²) in [7, 11) is 0. The molecule has 0 N–H and O–H groups in total. The molecule has 0 atom stereocenters. The van der Waals surface area contributed by atoms with Gasteiger partial charge in [0.2, 0.25) is 11.8 Å². The van der Waals surface area contributed by atoms with Crippen LogP contribution in [-0.2, 0) is 0 Å². The Bertz CT molecular complexity index is 4700. The van der Waals surface area contributed by atoms with Crippen molar-refractivity contribution in [3.05, 3.63) is 267 Å². The zero-order valence-corrected chi connectivity index (χ0v) is 41.5.